The van der Waals surface area contributed by atoms with Crippen molar-refractivity contribution in [3.8, 4) is 0 Å². The number of hydrogen-bond donors (Lipinski definition) is 3. The van der Waals surface area contributed by atoms with Crippen LogP contribution in [0, 0.1) is 0 Å². The Bertz CT molecular complexity index is 697. The Hall–Kier alpha value is -1.89. The summed E-state index contributed by atoms with van der Waals surface area (Å²) in [7, 11) is 0. The molecule has 0 amide bonds. The molecule has 0 aliphatic carbocycles. The molecule has 0 spiro atoms. The highest BCUT2D eigenvalue weighted by Crippen LogP contribution is 2.32. The Balaban J connectivity index is 4.35. The van der Waals surface area contributed by atoms with Crippen molar-refractivity contribution in [2.24, 2.45) is 0 Å². The zero-order chi connectivity index (χ0) is 32.3. The predicted octanol–water partition coefficient (Wildman–Crippen LogP) is 9.77. The molecule has 7 heteroatoms. The fraction of sp³-hybridized carbons (Fsp3) is 0.861. The molecular formula is C36H68NO6+. The van der Waals surface area contributed by atoms with Gasteiger partial charge in [-0.3, -0.25) is 4.48 Å². The van der Waals surface area contributed by atoms with Crippen molar-refractivity contribution in [2.45, 2.75) is 193 Å². The van der Waals surface area contributed by atoms with Crippen molar-refractivity contribution in [1.29, 1.82) is 0 Å². The van der Waals surface area contributed by atoms with E-state index in [0.717, 1.165) is 12.8 Å². The van der Waals surface area contributed by atoms with Gasteiger partial charge in [0.15, 0.2) is 18.1 Å². The summed E-state index contributed by atoms with van der Waals surface area (Å²) in [5.74, 6) is -3.39. The molecule has 0 rings (SSSR count). The van der Waals surface area contributed by atoms with Gasteiger partial charge in [0.05, 0.1) is 6.54 Å². The first-order valence-electron chi connectivity index (χ1n) is 17.9. The maximum absolute atomic E-state index is 12.3. The Morgan fingerprint density at radius 2 is 0.744 bits per heavy atom. The minimum atomic E-state index is -1.13. The van der Waals surface area contributed by atoms with Crippen LogP contribution in [0.25, 0.3) is 0 Å². The maximum Gasteiger partial charge on any atom is 0.362 e. The molecule has 0 saturated carbocycles. The van der Waals surface area contributed by atoms with Crippen molar-refractivity contribution >= 4 is 17.9 Å². The number of carboxylic acid groups (broad SMARTS) is 3. The second-order valence-electron chi connectivity index (χ2n) is 12.6. The highest BCUT2D eigenvalue weighted by atomic mass is 16.4. The molecular weight excluding hydrogens is 542 g/mol. The fourth-order valence-electron chi connectivity index (χ4n) is 6.99. The first-order chi connectivity index (χ1) is 20.7. The summed E-state index contributed by atoms with van der Waals surface area (Å²) in [6.45, 7) is 7.59. The average Bonchev–Trinajstić information content (AvgIpc) is 2.96. The average molecular weight is 611 g/mol. The third-order valence-electron chi connectivity index (χ3n) is 9.31. The zero-order valence-electron chi connectivity index (χ0n) is 28.4. The summed E-state index contributed by atoms with van der Waals surface area (Å²) in [5, 5.41) is 30.1. The van der Waals surface area contributed by atoms with Crippen LogP contribution >= 0.6 is 0 Å². The van der Waals surface area contributed by atoms with Crippen molar-refractivity contribution in [2.75, 3.05) is 6.54 Å². The van der Waals surface area contributed by atoms with Crippen LogP contribution in [0.1, 0.15) is 175 Å². The van der Waals surface area contributed by atoms with E-state index in [2.05, 4.69) is 19.1 Å². The lowest BCUT2D eigenvalue weighted by Gasteiger charge is -2.49. The normalized spacial score (nSPS) is 15.3. The molecule has 43 heavy (non-hydrogen) atoms. The van der Waals surface area contributed by atoms with Gasteiger partial charge in [0.2, 0.25) is 0 Å². The van der Waals surface area contributed by atoms with Gasteiger partial charge in [-0.2, -0.15) is 0 Å². The molecule has 0 saturated heterocycles. The number of unbranched alkanes of at least 4 members (excludes halogenated alkanes) is 18. The molecule has 0 aromatic rings. The van der Waals surface area contributed by atoms with Crippen LogP contribution in [0.2, 0.25) is 0 Å². The molecule has 3 unspecified atom stereocenters. The largest absolute Gasteiger partial charge is 0.477 e. The monoisotopic (exact) mass is 611 g/mol. The summed E-state index contributed by atoms with van der Waals surface area (Å²) < 4.78 is -0.434. The Kier molecular flexibility index (Phi) is 25.3. The van der Waals surface area contributed by atoms with E-state index in [9.17, 15) is 29.7 Å². The van der Waals surface area contributed by atoms with Crippen LogP contribution < -0.4 is 0 Å². The number of hydrogen-bond acceptors (Lipinski definition) is 3. The number of quaternary nitrogens is 1. The summed E-state index contributed by atoms with van der Waals surface area (Å²) in [6.07, 6.45) is 30.1. The zero-order valence-corrected chi connectivity index (χ0v) is 28.4. The second-order valence-corrected chi connectivity index (χ2v) is 12.6. The lowest BCUT2D eigenvalue weighted by Crippen LogP contribution is -2.72. The van der Waals surface area contributed by atoms with E-state index < -0.39 is 40.5 Å². The molecule has 0 aromatic carbocycles. The van der Waals surface area contributed by atoms with Crippen molar-refractivity contribution in [3.63, 3.8) is 0 Å². The quantitative estimate of drug-likeness (QED) is 0.0409. The number of allylic oxidation sites excluding steroid dienone is 2. The number of carbonyl (C=O) groups is 3. The molecule has 252 valence electrons. The second kappa shape index (κ2) is 26.5. The summed E-state index contributed by atoms with van der Waals surface area (Å²) in [4.78, 5) is 36.8. The fourth-order valence-corrected chi connectivity index (χ4v) is 6.99. The minimum absolute atomic E-state index is 0.179. The first-order valence-corrected chi connectivity index (χ1v) is 17.9. The number of aliphatic carboxylic acids is 3. The van der Waals surface area contributed by atoms with E-state index in [4.69, 9.17) is 0 Å². The van der Waals surface area contributed by atoms with Gasteiger partial charge in [0.25, 0.3) is 0 Å². The Morgan fingerprint density at radius 1 is 0.465 bits per heavy atom. The van der Waals surface area contributed by atoms with Gasteiger partial charge >= 0.3 is 17.9 Å². The van der Waals surface area contributed by atoms with E-state index in [-0.39, 0.29) is 25.8 Å². The Morgan fingerprint density at radius 3 is 1.02 bits per heavy atom. The van der Waals surface area contributed by atoms with Crippen molar-refractivity contribution in [1.82, 2.24) is 0 Å². The molecule has 0 bridgehead atoms. The topological polar surface area (TPSA) is 112 Å². The SMILES string of the molecule is CCCCCCCCCCCCCCCCCCC/C=C/CCC[N+](C(CC)C(=O)O)(C(CC)C(=O)O)C(CC)C(=O)O. The van der Waals surface area contributed by atoms with Crippen LogP contribution in [0.5, 0.6) is 0 Å². The molecule has 0 aromatic heterocycles. The van der Waals surface area contributed by atoms with Gasteiger partial charge in [0, 0.05) is 25.7 Å². The third kappa shape index (κ3) is 16.7. The van der Waals surface area contributed by atoms with Crippen molar-refractivity contribution in [3.05, 3.63) is 12.2 Å². The smallest absolute Gasteiger partial charge is 0.362 e. The molecule has 3 N–H and O–H groups in total. The van der Waals surface area contributed by atoms with Gasteiger partial charge in [0.1, 0.15) is 0 Å². The Labute approximate surface area is 264 Å². The van der Waals surface area contributed by atoms with Crippen LogP contribution in [-0.4, -0.2) is 62.4 Å². The highest BCUT2D eigenvalue weighted by molar-refractivity contribution is 5.78. The van der Waals surface area contributed by atoms with E-state index >= 15 is 0 Å². The van der Waals surface area contributed by atoms with Gasteiger partial charge < -0.3 is 15.3 Å². The van der Waals surface area contributed by atoms with Gasteiger partial charge in [-0.15, -0.1) is 0 Å². The lowest BCUT2D eigenvalue weighted by atomic mass is 9.94. The molecule has 0 heterocycles. The third-order valence-corrected chi connectivity index (χ3v) is 9.31. The molecule has 0 radical (unpaired) electrons. The summed E-state index contributed by atoms with van der Waals surface area (Å²) in [5.41, 5.74) is 0. The number of nitrogens with zero attached hydrogens (tertiary/aromatic N) is 1. The number of rotatable bonds is 31. The molecule has 7 nitrogen and oxygen atoms in total. The summed E-state index contributed by atoms with van der Waals surface area (Å²) >= 11 is 0. The van der Waals surface area contributed by atoms with Crippen LogP contribution in [0.3, 0.4) is 0 Å². The lowest BCUT2D eigenvalue weighted by molar-refractivity contribution is -0.973. The first kappa shape index (κ1) is 41.1. The standard InChI is InChI=1S/C36H67NO6/c1-5-9-10-11-12-13-14-15-16-17-18-19-20-21-22-23-24-25-26-27-28-29-30-37(31(6-2)34(38)39,32(7-3)35(40)41)33(8-4)36(42)43/h26-27,31-33H,5-25,28-30H2,1-4H3,(H2-,38,39,40,41,42,43)/p+1/b27-26+. The molecule has 3 atom stereocenters. The number of carboxylic acids is 3. The predicted molar refractivity (Wildman–Crippen MR) is 177 cm³/mol. The van der Waals surface area contributed by atoms with Crippen LogP contribution in [-0.2, 0) is 14.4 Å². The molecule has 0 aliphatic heterocycles. The van der Waals surface area contributed by atoms with E-state index in [1.807, 2.05) is 0 Å². The van der Waals surface area contributed by atoms with Gasteiger partial charge in [-0.25, -0.2) is 14.4 Å². The van der Waals surface area contributed by atoms with E-state index in [0.29, 0.717) is 12.8 Å². The van der Waals surface area contributed by atoms with Gasteiger partial charge in [-0.1, -0.05) is 143 Å². The van der Waals surface area contributed by atoms with Crippen molar-refractivity contribution < 1.29 is 34.2 Å². The van der Waals surface area contributed by atoms with Gasteiger partial charge in [-0.05, 0) is 19.3 Å². The minimum Gasteiger partial charge on any atom is -0.477 e. The maximum atomic E-state index is 12.3. The van der Waals surface area contributed by atoms with Crippen LogP contribution in [0.4, 0.5) is 0 Å². The molecule has 0 aliphatic rings. The molecule has 0 fully saturated rings. The summed E-state index contributed by atoms with van der Waals surface area (Å²) in [6, 6.07) is -3.25. The van der Waals surface area contributed by atoms with Crippen LogP contribution in [0.15, 0.2) is 12.2 Å². The highest BCUT2D eigenvalue weighted by Gasteiger charge is 2.55. The van der Waals surface area contributed by atoms with E-state index in [1.54, 1.807) is 20.8 Å². The van der Waals surface area contributed by atoms with E-state index in [1.165, 1.54) is 103 Å².